The third-order valence-corrected chi connectivity index (χ3v) is 4.43. The smallest absolute Gasteiger partial charge is 0.389 e. The van der Waals surface area contributed by atoms with Gasteiger partial charge in [-0.2, -0.15) is 24.9 Å². The van der Waals surface area contributed by atoms with E-state index < -0.39 is 11.7 Å². The maximum atomic E-state index is 13.1. The highest BCUT2D eigenvalue weighted by molar-refractivity contribution is 7.99. The lowest BCUT2D eigenvalue weighted by Gasteiger charge is -2.24. The van der Waals surface area contributed by atoms with Crippen LogP contribution in [0.25, 0.3) is 0 Å². The largest absolute Gasteiger partial charge is 0.417 e. The topological polar surface area (TPSA) is 29.3 Å². The van der Waals surface area contributed by atoms with Gasteiger partial charge in [0.05, 0.1) is 5.56 Å². The Morgan fingerprint density at radius 2 is 2.00 bits per heavy atom. The first kappa shape index (κ1) is 15.4. The Morgan fingerprint density at radius 3 is 2.65 bits per heavy atom. The molecule has 0 amide bonds. The highest BCUT2D eigenvalue weighted by Crippen LogP contribution is 2.35. The lowest BCUT2D eigenvalue weighted by atomic mass is 10.1. The average molecular weight is 320 g/mol. The number of thioether (sulfide) groups is 1. The van der Waals surface area contributed by atoms with Crippen LogP contribution in [0.1, 0.15) is 17.5 Å². The number of nitrogens with two attached hydrogens (primary N) is 1. The van der Waals surface area contributed by atoms with Crippen LogP contribution in [-0.4, -0.2) is 29.6 Å². The highest BCUT2D eigenvalue weighted by atomic mass is 32.2. The van der Waals surface area contributed by atoms with Gasteiger partial charge in [-0.25, -0.2) is 0 Å². The summed E-state index contributed by atoms with van der Waals surface area (Å²) in [5.41, 5.74) is 5.10. The van der Waals surface area contributed by atoms with Gasteiger partial charge in [0.1, 0.15) is 4.99 Å². The van der Waals surface area contributed by atoms with E-state index in [0.717, 1.165) is 37.1 Å². The lowest BCUT2D eigenvalue weighted by molar-refractivity contribution is -0.137. The van der Waals surface area contributed by atoms with Gasteiger partial charge >= 0.3 is 6.18 Å². The molecule has 20 heavy (non-hydrogen) atoms. The molecule has 1 saturated heterocycles. The Kier molecular flexibility index (Phi) is 4.80. The molecule has 1 aromatic carbocycles. The van der Waals surface area contributed by atoms with Crippen molar-refractivity contribution in [3.05, 3.63) is 29.3 Å². The zero-order valence-corrected chi connectivity index (χ0v) is 12.4. The fraction of sp³-hybridized carbons (Fsp3) is 0.462. The number of halogens is 3. The Hall–Kier alpha value is -0.950. The summed E-state index contributed by atoms with van der Waals surface area (Å²) in [5, 5.41) is 0. The first-order valence-electron chi connectivity index (χ1n) is 6.23. The molecule has 2 nitrogen and oxygen atoms in total. The van der Waals surface area contributed by atoms with Crippen LogP contribution in [-0.2, 0) is 6.18 Å². The van der Waals surface area contributed by atoms with Crippen LogP contribution in [0.3, 0.4) is 0 Å². The molecular weight excluding hydrogens is 305 g/mol. The van der Waals surface area contributed by atoms with Gasteiger partial charge in [-0.1, -0.05) is 12.2 Å². The van der Waals surface area contributed by atoms with Crippen LogP contribution in [0.4, 0.5) is 18.9 Å². The summed E-state index contributed by atoms with van der Waals surface area (Å²) in [7, 11) is 0. The number of anilines is 1. The maximum Gasteiger partial charge on any atom is 0.417 e. The van der Waals surface area contributed by atoms with Crippen LogP contribution in [0.15, 0.2) is 18.2 Å². The van der Waals surface area contributed by atoms with E-state index in [1.54, 1.807) is 6.07 Å². The molecule has 0 saturated carbocycles. The molecule has 110 valence electrons. The minimum atomic E-state index is -4.45. The zero-order valence-electron chi connectivity index (χ0n) is 10.7. The Bertz CT molecular complexity index is 495. The van der Waals surface area contributed by atoms with Crippen molar-refractivity contribution in [3.63, 3.8) is 0 Å². The fourth-order valence-corrected chi connectivity index (χ4v) is 3.25. The standard InChI is InChI=1S/C13H15F3N2S2/c14-13(15,16)11-8-9(2-3-10(11)12(17)19)18-4-1-6-20-7-5-18/h2-3,8H,1,4-7H2,(H2,17,19). The first-order chi connectivity index (χ1) is 9.39. The Labute approximate surface area is 125 Å². The van der Waals surface area contributed by atoms with Crippen LogP contribution in [0, 0.1) is 0 Å². The molecule has 0 unspecified atom stereocenters. The van der Waals surface area contributed by atoms with Gasteiger partial charge in [-0.3, -0.25) is 0 Å². The minimum Gasteiger partial charge on any atom is -0.389 e. The second-order valence-corrected chi connectivity index (χ2v) is 6.21. The number of benzene rings is 1. The number of nitrogens with zero attached hydrogens (tertiary/aromatic N) is 1. The van der Waals surface area contributed by atoms with Crippen molar-refractivity contribution >= 4 is 34.7 Å². The van der Waals surface area contributed by atoms with Crippen molar-refractivity contribution in [3.8, 4) is 0 Å². The SMILES string of the molecule is NC(=S)c1ccc(N2CCCSCC2)cc1C(F)(F)F. The summed E-state index contributed by atoms with van der Waals surface area (Å²) in [6.07, 6.45) is -3.47. The molecule has 0 atom stereocenters. The van der Waals surface area contributed by atoms with Crippen molar-refractivity contribution in [2.45, 2.75) is 12.6 Å². The van der Waals surface area contributed by atoms with Gasteiger partial charge < -0.3 is 10.6 Å². The molecule has 1 aliphatic rings. The summed E-state index contributed by atoms with van der Waals surface area (Å²) in [6.45, 7) is 1.53. The molecule has 0 spiro atoms. The Morgan fingerprint density at radius 1 is 1.25 bits per heavy atom. The molecule has 7 heteroatoms. The second-order valence-electron chi connectivity index (χ2n) is 4.54. The second kappa shape index (κ2) is 6.22. The predicted molar refractivity (Wildman–Crippen MR) is 81.5 cm³/mol. The number of hydrogen-bond donors (Lipinski definition) is 1. The van der Waals surface area contributed by atoms with Gasteiger partial charge in [0.25, 0.3) is 0 Å². The zero-order chi connectivity index (χ0) is 14.8. The summed E-state index contributed by atoms with van der Waals surface area (Å²) in [6, 6.07) is 4.20. The van der Waals surface area contributed by atoms with Crippen LogP contribution < -0.4 is 10.6 Å². The highest BCUT2D eigenvalue weighted by Gasteiger charge is 2.34. The van der Waals surface area contributed by atoms with Crippen molar-refractivity contribution in [1.29, 1.82) is 0 Å². The van der Waals surface area contributed by atoms with E-state index in [1.165, 1.54) is 6.07 Å². The van der Waals surface area contributed by atoms with Crippen LogP contribution in [0.2, 0.25) is 0 Å². The van der Waals surface area contributed by atoms with E-state index in [1.807, 2.05) is 16.7 Å². The summed E-state index contributed by atoms with van der Waals surface area (Å²) in [4.78, 5) is 1.76. The summed E-state index contributed by atoms with van der Waals surface area (Å²) in [5.74, 6) is 1.98. The number of rotatable bonds is 2. The Balaban J connectivity index is 2.38. The molecule has 1 heterocycles. The molecule has 0 aliphatic carbocycles. The molecule has 1 aromatic rings. The molecule has 2 rings (SSSR count). The van der Waals surface area contributed by atoms with E-state index in [9.17, 15) is 13.2 Å². The van der Waals surface area contributed by atoms with E-state index in [4.69, 9.17) is 18.0 Å². The van der Waals surface area contributed by atoms with Gasteiger partial charge in [-0.15, -0.1) is 0 Å². The predicted octanol–water partition coefficient (Wildman–Crippen LogP) is 3.28. The third-order valence-electron chi connectivity index (χ3n) is 3.16. The van der Waals surface area contributed by atoms with E-state index >= 15 is 0 Å². The fourth-order valence-electron chi connectivity index (χ4n) is 2.18. The summed E-state index contributed by atoms with van der Waals surface area (Å²) < 4.78 is 39.3. The summed E-state index contributed by atoms with van der Waals surface area (Å²) >= 11 is 6.53. The van der Waals surface area contributed by atoms with Crippen LogP contribution >= 0.6 is 24.0 Å². The van der Waals surface area contributed by atoms with E-state index in [2.05, 4.69) is 0 Å². The number of alkyl halides is 3. The normalized spacial score (nSPS) is 16.9. The first-order valence-corrected chi connectivity index (χ1v) is 7.79. The average Bonchev–Trinajstić information content (AvgIpc) is 2.65. The lowest BCUT2D eigenvalue weighted by Crippen LogP contribution is -2.26. The van der Waals surface area contributed by atoms with Crippen LogP contribution in [0.5, 0.6) is 0 Å². The van der Waals surface area contributed by atoms with Crippen molar-refractivity contribution in [1.82, 2.24) is 0 Å². The van der Waals surface area contributed by atoms with Gasteiger partial charge in [0.15, 0.2) is 0 Å². The molecule has 0 radical (unpaired) electrons. The van der Waals surface area contributed by atoms with E-state index in [-0.39, 0.29) is 10.6 Å². The van der Waals surface area contributed by atoms with Crippen molar-refractivity contribution in [2.24, 2.45) is 5.73 Å². The maximum absolute atomic E-state index is 13.1. The molecule has 0 aromatic heterocycles. The van der Waals surface area contributed by atoms with Crippen molar-refractivity contribution in [2.75, 3.05) is 29.5 Å². The number of thiocarbonyl (C=S) groups is 1. The molecule has 1 fully saturated rings. The molecule has 2 N–H and O–H groups in total. The number of hydrogen-bond acceptors (Lipinski definition) is 3. The van der Waals surface area contributed by atoms with Gasteiger partial charge in [0.2, 0.25) is 0 Å². The third kappa shape index (κ3) is 3.58. The molecular formula is C13H15F3N2S2. The van der Waals surface area contributed by atoms with Gasteiger partial charge in [-0.05, 0) is 30.4 Å². The van der Waals surface area contributed by atoms with Crippen molar-refractivity contribution < 1.29 is 13.2 Å². The monoisotopic (exact) mass is 320 g/mol. The van der Waals surface area contributed by atoms with E-state index in [0.29, 0.717) is 5.69 Å². The minimum absolute atomic E-state index is 0.111. The molecule has 1 aliphatic heterocycles. The quantitative estimate of drug-likeness (QED) is 0.847. The molecule has 0 bridgehead atoms. The van der Waals surface area contributed by atoms with Gasteiger partial charge in [0, 0.05) is 30.1 Å².